The zero-order valence-electron chi connectivity index (χ0n) is 6.75. The number of hydrogen-bond donors (Lipinski definition) is 1. The van der Waals surface area contributed by atoms with Crippen molar-refractivity contribution in [3.05, 3.63) is 22.3 Å². The van der Waals surface area contributed by atoms with E-state index in [4.69, 9.17) is 5.11 Å². The Hall–Kier alpha value is -0.0600. The second kappa shape index (κ2) is 4.84. The molecule has 0 aliphatic heterocycles. The lowest BCUT2D eigenvalue weighted by Crippen LogP contribution is -1.89. The molecule has 66 valence electrons. The maximum Gasteiger partial charge on any atom is 0.110 e. The topological polar surface area (TPSA) is 33.1 Å². The Balaban J connectivity index is 2.72. The molecule has 1 aromatic heterocycles. The first-order valence-electron chi connectivity index (χ1n) is 3.60. The summed E-state index contributed by atoms with van der Waals surface area (Å²) in [5.41, 5.74) is 1.13. The Morgan fingerprint density at radius 2 is 2.42 bits per heavy atom. The number of nitrogens with zero attached hydrogens (tertiary/aromatic N) is 1. The molecule has 0 saturated carbocycles. The molecule has 0 spiro atoms. The van der Waals surface area contributed by atoms with Gasteiger partial charge in [-0.3, -0.25) is 0 Å². The van der Waals surface area contributed by atoms with Gasteiger partial charge in [0.25, 0.3) is 0 Å². The van der Waals surface area contributed by atoms with Crippen molar-refractivity contribution in [2.45, 2.75) is 11.9 Å². The van der Waals surface area contributed by atoms with Gasteiger partial charge in [-0.25, -0.2) is 4.98 Å². The molecular formula is C8H10BrNOS. The summed E-state index contributed by atoms with van der Waals surface area (Å²) < 4.78 is 1.00. The monoisotopic (exact) mass is 247 g/mol. The third kappa shape index (κ3) is 2.77. The highest BCUT2D eigenvalue weighted by Gasteiger charge is 2.00. The molecule has 0 aromatic carbocycles. The van der Waals surface area contributed by atoms with E-state index in [1.807, 2.05) is 19.2 Å². The number of thioether (sulfide) groups is 1. The molecule has 0 radical (unpaired) electrons. The van der Waals surface area contributed by atoms with Crippen LogP contribution in [0.25, 0.3) is 0 Å². The van der Waals surface area contributed by atoms with Gasteiger partial charge < -0.3 is 5.11 Å². The van der Waals surface area contributed by atoms with Crippen molar-refractivity contribution >= 4 is 27.7 Å². The Morgan fingerprint density at radius 3 is 3.00 bits per heavy atom. The van der Waals surface area contributed by atoms with Gasteiger partial charge >= 0.3 is 0 Å². The molecule has 4 heteroatoms. The fourth-order valence-corrected chi connectivity index (χ4v) is 2.19. The second-order valence-corrected chi connectivity index (χ2v) is 4.31. The fraction of sp³-hybridized carbons (Fsp3) is 0.375. The van der Waals surface area contributed by atoms with Crippen LogP contribution in [0.5, 0.6) is 0 Å². The maximum absolute atomic E-state index is 8.61. The van der Waals surface area contributed by atoms with Crippen LogP contribution < -0.4 is 0 Å². The summed E-state index contributed by atoms with van der Waals surface area (Å²) in [5, 5.41) is 9.55. The van der Waals surface area contributed by atoms with Crippen LogP contribution in [0.4, 0.5) is 0 Å². The van der Waals surface area contributed by atoms with Gasteiger partial charge in [-0.15, -0.1) is 11.8 Å². The van der Waals surface area contributed by atoms with Crippen molar-refractivity contribution in [3.63, 3.8) is 0 Å². The minimum atomic E-state index is 0.187. The number of pyridine rings is 1. The smallest absolute Gasteiger partial charge is 0.110 e. The average molecular weight is 248 g/mol. The predicted molar refractivity (Wildman–Crippen MR) is 54.5 cm³/mol. The number of hydrogen-bond acceptors (Lipinski definition) is 3. The molecule has 1 aromatic rings. The summed E-state index contributed by atoms with van der Waals surface area (Å²) in [6.07, 6.45) is 1.82. The van der Waals surface area contributed by atoms with E-state index in [9.17, 15) is 0 Å². The maximum atomic E-state index is 8.61. The Labute approximate surface area is 84.5 Å². The molecule has 12 heavy (non-hydrogen) atoms. The van der Waals surface area contributed by atoms with Crippen molar-refractivity contribution < 1.29 is 5.11 Å². The number of aliphatic hydroxyl groups excluding tert-OH is 1. The van der Waals surface area contributed by atoms with Crippen LogP contribution in [-0.2, 0) is 0 Å². The largest absolute Gasteiger partial charge is 0.396 e. The molecular weight excluding hydrogens is 238 g/mol. The predicted octanol–water partition coefficient (Wildman–Crippen LogP) is 2.24. The SMILES string of the molecule is Cc1cnc(SCCO)c(Br)c1. The number of rotatable bonds is 3. The number of aromatic nitrogens is 1. The van der Waals surface area contributed by atoms with Gasteiger partial charge in [-0.1, -0.05) is 0 Å². The van der Waals surface area contributed by atoms with E-state index < -0.39 is 0 Å². The van der Waals surface area contributed by atoms with Crippen LogP contribution in [0.3, 0.4) is 0 Å². The van der Waals surface area contributed by atoms with Crippen LogP contribution in [0, 0.1) is 6.92 Å². The Morgan fingerprint density at radius 1 is 1.67 bits per heavy atom. The fourth-order valence-electron chi connectivity index (χ4n) is 0.770. The van der Waals surface area contributed by atoms with Crippen LogP contribution in [0.2, 0.25) is 0 Å². The Kier molecular flexibility index (Phi) is 4.05. The highest BCUT2D eigenvalue weighted by molar-refractivity contribution is 9.10. The zero-order chi connectivity index (χ0) is 8.97. The summed E-state index contributed by atoms with van der Waals surface area (Å²) in [7, 11) is 0. The highest BCUT2D eigenvalue weighted by atomic mass is 79.9. The lowest BCUT2D eigenvalue weighted by molar-refractivity contribution is 0.322. The molecule has 0 fully saturated rings. The molecule has 2 nitrogen and oxygen atoms in total. The summed E-state index contributed by atoms with van der Waals surface area (Å²) in [4.78, 5) is 4.22. The number of aryl methyl sites for hydroxylation is 1. The highest BCUT2D eigenvalue weighted by Crippen LogP contribution is 2.25. The van der Waals surface area contributed by atoms with Crippen LogP contribution in [0.15, 0.2) is 21.8 Å². The molecule has 0 saturated heterocycles. The van der Waals surface area contributed by atoms with E-state index in [1.165, 1.54) is 0 Å². The minimum Gasteiger partial charge on any atom is -0.396 e. The third-order valence-corrected chi connectivity index (χ3v) is 3.13. The summed E-state index contributed by atoms with van der Waals surface area (Å²) in [6, 6.07) is 2.02. The van der Waals surface area contributed by atoms with Gasteiger partial charge in [0.05, 0.1) is 11.1 Å². The first-order valence-corrected chi connectivity index (χ1v) is 5.37. The molecule has 0 aliphatic rings. The van der Waals surface area contributed by atoms with Crippen molar-refractivity contribution in [2.75, 3.05) is 12.4 Å². The molecule has 0 unspecified atom stereocenters. The Bertz CT molecular complexity index is 267. The molecule has 0 amide bonds. The van der Waals surface area contributed by atoms with Gasteiger partial charge in [0.2, 0.25) is 0 Å². The van der Waals surface area contributed by atoms with Gasteiger partial charge in [-0.2, -0.15) is 0 Å². The van der Waals surface area contributed by atoms with Crippen molar-refractivity contribution in [3.8, 4) is 0 Å². The van der Waals surface area contributed by atoms with E-state index in [0.717, 1.165) is 15.1 Å². The van der Waals surface area contributed by atoms with Crippen molar-refractivity contribution in [2.24, 2.45) is 0 Å². The van der Waals surface area contributed by atoms with E-state index in [1.54, 1.807) is 11.8 Å². The molecule has 1 rings (SSSR count). The zero-order valence-corrected chi connectivity index (χ0v) is 9.15. The standard InChI is InChI=1S/C8H10BrNOS/c1-6-4-7(9)8(10-5-6)12-3-2-11/h4-5,11H,2-3H2,1H3. The average Bonchev–Trinajstić information content (AvgIpc) is 2.03. The van der Waals surface area contributed by atoms with Crippen LogP contribution in [0.1, 0.15) is 5.56 Å². The second-order valence-electron chi connectivity index (χ2n) is 2.37. The third-order valence-electron chi connectivity index (χ3n) is 1.27. The van der Waals surface area contributed by atoms with Crippen molar-refractivity contribution in [1.82, 2.24) is 4.98 Å². The van der Waals surface area contributed by atoms with Gasteiger partial charge in [0, 0.05) is 11.9 Å². The summed E-state index contributed by atoms with van der Waals surface area (Å²) >= 11 is 4.96. The molecule has 0 aliphatic carbocycles. The molecule has 1 N–H and O–H groups in total. The van der Waals surface area contributed by atoms with Crippen molar-refractivity contribution in [1.29, 1.82) is 0 Å². The molecule has 0 atom stereocenters. The molecule has 0 bridgehead atoms. The van der Waals surface area contributed by atoms with Crippen LogP contribution in [-0.4, -0.2) is 22.5 Å². The van der Waals surface area contributed by atoms with E-state index in [-0.39, 0.29) is 6.61 Å². The van der Waals surface area contributed by atoms with E-state index in [2.05, 4.69) is 20.9 Å². The quantitative estimate of drug-likeness (QED) is 0.833. The number of aliphatic hydroxyl groups is 1. The van der Waals surface area contributed by atoms with Gasteiger partial charge in [-0.05, 0) is 34.5 Å². The first kappa shape index (κ1) is 10.0. The van der Waals surface area contributed by atoms with Gasteiger partial charge in [0.1, 0.15) is 5.03 Å². The van der Waals surface area contributed by atoms with Crippen LogP contribution >= 0.6 is 27.7 Å². The normalized spacial score (nSPS) is 10.2. The van der Waals surface area contributed by atoms with E-state index >= 15 is 0 Å². The molecule has 1 heterocycles. The lowest BCUT2D eigenvalue weighted by atomic mass is 10.3. The summed E-state index contributed by atoms with van der Waals surface area (Å²) in [6.45, 7) is 2.19. The van der Waals surface area contributed by atoms with Gasteiger partial charge in [0.15, 0.2) is 0 Å². The minimum absolute atomic E-state index is 0.187. The lowest BCUT2D eigenvalue weighted by Gasteiger charge is -2.01. The first-order chi connectivity index (χ1) is 5.74. The van der Waals surface area contributed by atoms with E-state index in [0.29, 0.717) is 5.75 Å². The number of halogens is 1. The summed E-state index contributed by atoms with van der Waals surface area (Å²) in [5.74, 6) is 0.689.